The van der Waals surface area contributed by atoms with Crippen molar-refractivity contribution >= 4 is 61.7 Å². The zero-order valence-electron chi connectivity index (χ0n) is 9.08. The van der Waals surface area contributed by atoms with Gasteiger partial charge in [0.1, 0.15) is 0 Å². The van der Waals surface area contributed by atoms with E-state index >= 15 is 0 Å². The molecule has 0 aliphatic rings. The number of carbonyl (C=O) groups is 1. The molecule has 2 nitrogen and oxygen atoms in total. The first-order chi connectivity index (χ1) is 8.56. The van der Waals surface area contributed by atoms with Crippen LogP contribution in [0, 0.1) is 3.57 Å². The highest BCUT2D eigenvalue weighted by molar-refractivity contribution is 14.1. The van der Waals surface area contributed by atoms with Gasteiger partial charge in [-0.25, -0.2) is 0 Å². The Bertz CT molecular complexity index is 586. The summed E-state index contributed by atoms with van der Waals surface area (Å²) >= 11 is 11.4. The molecule has 0 heterocycles. The minimum absolute atomic E-state index is 0.138. The van der Waals surface area contributed by atoms with Gasteiger partial charge >= 0.3 is 0 Å². The normalized spacial score (nSPS) is 10.2. The fourth-order valence-corrected chi connectivity index (χ4v) is 2.23. The van der Waals surface area contributed by atoms with E-state index < -0.39 is 0 Å². The highest BCUT2D eigenvalue weighted by Crippen LogP contribution is 2.25. The summed E-state index contributed by atoms with van der Waals surface area (Å²) < 4.78 is 1.85. The number of nitrogens with one attached hydrogen (secondary N) is 1. The number of amides is 1. The molecule has 0 saturated heterocycles. The molecule has 1 amide bonds. The van der Waals surface area contributed by atoms with Crippen molar-refractivity contribution in [2.45, 2.75) is 0 Å². The average molecular weight is 436 g/mol. The number of anilines is 1. The second kappa shape index (κ2) is 6.04. The van der Waals surface area contributed by atoms with Gasteiger partial charge in [-0.15, -0.1) is 0 Å². The van der Waals surface area contributed by atoms with Gasteiger partial charge in [0.15, 0.2) is 0 Å². The number of benzene rings is 2. The van der Waals surface area contributed by atoms with Crippen LogP contribution >= 0.6 is 50.1 Å². The van der Waals surface area contributed by atoms with Crippen LogP contribution in [0.4, 0.5) is 5.69 Å². The largest absolute Gasteiger partial charge is 0.322 e. The highest BCUT2D eigenvalue weighted by Gasteiger charge is 2.06. The molecule has 2 aromatic carbocycles. The Morgan fingerprint density at radius 3 is 2.44 bits per heavy atom. The maximum atomic E-state index is 12.0. The molecule has 0 atom stereocenters. The summed E-state index contributed by atoms with van der Waals surface area (Å²) in [7, 11) is 0. The molecule has 0 aliphatic carbocycles. The van der Waals surface area contributed by atoms with Crippen LogP contribution in [-0.2, 0) is 0 Å². The highest BCUT2D eigenvalue weighted by atomic mass is 127. The van der Waals surface area contributed by atoms with E-state index in [-0.39, 0.29) is 5.91 Å². The van der Waals surface area contributed by atoms with E-state index in [0.29, 0.717) is 16.3 Å². The zero-order valence-corrected chi connectivity index (χ0v) is 13.6. The van der Waals surface area contributed by atoms with E-state index in [2.05, 4.69) is 43.8 Å². The summed E-state index contributed by atoms with van der Waals surface area (Å²) in [6.45, 7) is 0. The molecule has 0 aliphatic heterocycles. The quantitative estimate of drug-likeness (QED) is 0.663. The Kier molecular flexibility index (Phi) is 4.64. The lowest BCUT2D eigenvalue weighted by atomic mass is 10.2. The average Bonchev–Trinajstić information content (AvgIpc) is 2.34. The Hall–Kier alpha value is -0.590. The second-order valence-electron chi connectivity index (χ2n) is 3.59. The van der Waals surface area contributed by atoms with Crippen molar-refractivity contribution in [1.82, 2.24) is 0 Å². The summed E-state index contributed by atoms with van der Waals surface area (Å²) in [6, 6.07) is 12.6. The number of hydrogen-bond acceptors (Lipinski definition) is 1. The van der Waals surface area contributed by atoms with Crippen LogP contribution in [0.1, 0.15) is 10.4 Å². The Morgan fingerprint density at radius 1 is 1.17 bits per heavy atom. The van der Waals surface area contributed by atoms with Gasteiger partial charge < -0.3 is 5.32 Å². The number of hydrogen-bond donors (Lipinski definition) is 1. The fourth-order valence-electron chi connectivity index (χ4n) is 1.38. The molecule has 0 saturated carbocycles. The molecule has 0 aromatic heterocycles. The van der Waals surface area contributed by atoms with Crippen molar-refractivity contribution in [1.29, 1.82) is 0 Å². The van der Waals surface area contributed by atoms with Gasteiger partial charge in [-0.3, -0.25) is 4.79 Å². The number of rotatable bonds is 2. The van der Waals surface area contributed by atoms with Crippen LogP contribution < -0.4 is 5.32 Å². The van der Waals surface area contributed by atoms with Gasteiger partial charge in [-0.2, -0.15) is 0 Å². The minimum atomic E-state index is -0.138. The first kappa shape index (κ1) is 13.8. The van der Waals surface area contributed by atoms with Crippen molar-refractivity contribution in [2.24, 2.45) is 0 Å². The first-order valence-corrected chi connectivity index (χ1v) is 7.33. The summed E-state index contributed by atoms with van der Waals surface area (Å²) in [6.07, 6.45) is 0. The van der Waals surface area contributed by atoms with E-state index in [1.165, 1.54) is 0 Å². The van der Waals surface area contributed by atoms with E-state index in [9.17, 15) is 4.79 Å². The van der Waals surface area contributed by atoms with Crippen LogP contribution in [0.15, 0.2) is 46.9 Å². The zero-order chi connectivity index (χ0) is 13.1. The SMILES string of the molecule is O=C(Nc1ccc(Cl)c(Br)c1)c1ccc(I)cc1. The summed E-state index contributed by atoms with van der Waals surface area (Å²) in [5, 5.41) is 3.43. The number of halogens is 3. The molecule has 0 radical (unpaired) electrons. The standard InChI is InChI=1S/C13H8BrClINO/c14-11-7-10(5-6-12(11)15)17-13(18)8-1-3-9(16)4-2-8/h1-7H,(H,17,18). The van der Waals surface area contributed by atoms with Gasteiger partial charge in [0.2, 0.25) is 0 Å². The minimum Gasteiger partial charge on any atom is -0.322 e. The Labute approximate surface area is 132 Å². The number of carbonyl (C=O) groups excluding carboxylic acids is 1. The van der Waals surface area contributed by atoms with E-state index in [0.717, 1.165) is 8.04 Å². The molecule has 1 N–H and O–H groups in total. The topological polar surface area (TPSA) is 29.1 Å². The van der Waals surface area contributed by atoms with Crippen LogP contribution in [0.25, 0.3) is 0 Å². The lowest BCUT2D eigenvalue weighted by Gasteiger charge is -2.06. The molecule has 5 heteroatoms. The van der Waals surface area contributed by atoms with Crippen molar-refractivity contribution in [3.63, 3.8) is 0 Å². The van der Waals surface area contributed by atoms with E-state index in [1.54, 1.807) is 30.3 Å². The molecule has 92 valence electrons. The predicted octanol–water partition coefficient (Wildman–Crippen LogP) is 4.96. The van der Waals surface area contributed by atoms with Crippen LogP contribution in [0.5, 0.6) is 0 Å². The Morgan fingerprint density at radius 2 is 1.83 bits per heavy atom. The van der Waals surface area contributed by atoms with Gasteiger partial charge in [0, 0.05) is 19.3 Å². The predicted molar refractivity (Wildman–Crippen MR) is 86.3 cm³/mol. The van der Waals surface area contributed by atoms with Crippen LogP contribution in [0.3, 0.4) is 0 Å². The molecule has 0 bridgehead atoms. The third kappa shape index (κ3) is 3.46. The second-order valence-corrected chi connectivity index (χ2v) is 6.10. The smallest absolute Gasteiger partial charge is 0.255 e. The lowest BCUT2D eigenvalue weighted by Crippen LogP contribution is -2.11. The molecule has 2 aromatic rings. The maximum absolute atomic E-state index is 12.0. The molecule has 2 rings (SSSR count). The van der Waals surface area contributed by atoms with Crippen molar-refractivity contribution < 1.29 is 4.79 Å². The molecule has 0 unspecified atom stereocenters. The lowest BCUT2D eigenvalue weighted by molar-refractivity contribution is 0.102. The summed E-state index contributed by atoms with van der Waals surface area (Å²) in [5.41, 5.74) is 1.33. The van der Waals surface area contributed by atoms with Crippen LogP contribution in [0.2, 0.25) is 5.02 Å². The third-order valence-corrected chi connectivity index (χ3v) is 4.22. The van der Waals surface area contributed by atoms with Gasteiger partial charge in [0.05, 0.1) is 5.02 Å². The van der Waals surface area contributed by atoms with Crippen molar-refractivity contribution in [3.05, 3.63) is 61.1 Å². The molecule has 18 heavy (non-hydrogen) atoms. The fraction of sp³-hybridized carbons (Fsp3) is 0. The maximum Gasteiger partial charge on any atom is 0.255 e. The Balaban J connectivity index is 2.16. The molecular weight excluding hydrogens is 428 g/mol. The van der Waals surface area contributed by atoms with Crippen molar-refractivity contribution in [2.75, 3.05) is 5.32 Å². The molecular formula is C13H8BrClINO. The third-order valence-electron chi connectivity index (χ3n) is 2.28. The van der Waals surface area contributed by atoms with E-state index in [4.69, 9.17) is 11.6 Å². The van der Waals surface area contributed by atoms with Crippen molar-refractivity contribution in [3.8, 4) is 0 Å². The van der Waals surface area contributed by atoms with Crippen LogP contribution in [-0.4, -0.2) is 5.91 Å². The monoisotopic (exact) mass is 435 g/mol. The van der Waals surface area contributed by atoms with Gasteiger partial charge in [-0.1, -0.05) is 11.6 Å². The van der Waals surface area contributed by atoms with Gasteiger partial charge in [0.25, 0.3) is 5.91 Å². The molecule has 0 spiro atoms. The van der Waals surface area contributed by atoms with E-state index in [1.807, 2.05) is 12.1 Å². The van der Waals surface area contributed by atoms with Gasteiger partial charge in [-0.05, 0) is 81.0 Å². The summed E-state index contributed by atoms with van der Waals surface area (Å²) in [4.78, 5) is 12.0. The molecule has 0 fully saturated rings. The first-order valence-electron chi connectivity index (χ1n) is 5.08. The summed E-state index contributed by atoms with van der Waals surface area (Å²) in [5.74, 6) is -0.138.